The molecular weight excluding hydrogens is 285 g/mol. The highest BCUT2D eigenvalue weighted by atomic mass is 35.5. The Bertz CT molecular complexity index is 578. The van der Waals surface area contributed by atoms with Gasteiger partial charge in [-0.2, -0.15) is 0 Å². The summed E-state index contributed by atoms with van der Waals surface area (Å²) in [6.07, 6.45) is 3.68. The van der Waals surface area contributed by atoms with Crippen LogP contribution >= 0.6 is 23.2 Å². The molecule has 2 rings (SSSR count). The fraction of sp³-hybridized carbons (Fsp3) is 0.231. The van der Waals surface area contributed by atoms with Crippen LogP contribution in [0.25, 0.3) is 0 Å². The van der Waals surface area contributed by atoms with E-state index in [0.29, 0.717) is 28.0 Å². The Kier molecular flexibility index (Phi) is 4.58. The van der Waals surface area contributed by atoms with Crippen LogP contribution in [0.3, 0.4) is 0 Å². The summed E-state index contributed by atoms with van der Waals surface area (Å²) in [6.45, 7) is 0. The molecule has 0 fully saturated rings. The number of hydrogen-bond donors (Lipinski definition) is 1. The molecule has 100 valence electrons. The molecule has 0 bridgehead atoms. The lowest BCUT2D eigenvalue weighted by Gasteiger charge is -2.14. The third-order valence-electron chi connectivity index (χ3n) is 2.69. The Balaban J connectivity index is 2.23. The van der Waals surface area contributed by atoms with Gasteiger partial charge in [0.25, 0.3) is 0 Å². The van der Waals surface area contributed by atoms with Gasteiger partial charge < -0.3 is 10.5 Å². The zero-order valence-electron chi connectivity index (χ0n) is 10.3. The van der Waals surface area contributed by atoms with Gasteiger partial charge in [0.05, 0.1) is 13.2 Å². The average molecular weight is 298 g/mol. The van der Waals surface area contributed by atoms with Crippen LogP contribution in [-0.4, -0.2) is 17.1 Å². The lowest BCUT2D eigenvalue weighted by molar-refractivity contribution is 0.384. The van der Waals surface area contributed by atoms with Crippen molar-refractivity contribution < 1.29 is 4.74 Å². The van der Waals surface area contributed by atoms with Crippen molar-refractivity contribution in [2.24, 2.45) is 5.73 Å². The minimum absolute atomic E-state index is 0.345. The molecule has 1 atom stereocenters. The monoisotopic (exact) mass is 297 g/mol. The topological polar surface area (TPSA) is 61.0 Å². The third-order valence-corrected chi connectivity index (χ3v) is 3.28. The van der Waals surface area contributed by atoms with Crippen molar-refractivity contribution in [3.63, 3.8) is 0 Å². The molecule has 4 nitrogen and oxygen atoms in total. The largest absolute Gasteiger partial charge is 0.480 e. The molecule has 1 heterocycles. The molecule has 0 aliphatic carbocycles. The van der Waals surface area contributed by atoms with Gasteiger partial charge >= 0.3 is 0 Å². The van der Waals surface area contributed by atoms with Crippen LogP contribution in [0.4, 0.5) is 0 Å². The van der Waals surface area contributed by atoms with Crippen LogP contribution in [0, 0.1) is 0 Å². The van der Waals surface area contributed by atoms with Crippen molar-refractivity contribution >= 4 is 23.2 Å². The highest BCUT2D eigenvalue weighted by Crippen LogP contribution is 2.26. The maximum atomic E-state index is 6.14. The molecule has 1 aromatic heterocycles. The smallest absolute Gasteiger partial charge is 0.236 e. The zero-order valence-corrected chi connectivity index (χ0v) is 11.8. The van der Waals surface area contributed by atoms with Crippen LogP contribution in [0.2, 0.25) is 10.0 Å². The van der Waals surface area contributed by atoms with E-state index >= 15 is 0 Å². The molecule has 6 heteroatoms. The van der Waals surface area contributed by atoms with E-state index in [4.69, 9.17) is 33.7 Å². The van der Waals surface area contributed by atoms with Crippen LogP contribution in [-0.2, 0) is 6.42 Å². The number of halogens is 2. The molecule has 0 aliphatic rings. The molecule has 0 spiro atoms. The Morgan fingerprint density at radius 2 is 2.00 bits per heavy atom. The molecule has 1 aromatic carbocycles. The van der Waals surface area contributed by atoms with E-state index in [1.165, 1.54) is 7.11 Å². The van der Waals surface area contributed by atoms with Gasteiger partial charge in [-0.1, -0.05) is 29.3 Å². The quantitative estimate of drug-likeness (QED) is 0.942. The van der Waals surface area contributed by atoms with Crippen molar-refractivity contribution in [2.45, 2.75) is 12.5 Å². The van der Waals surface area contributed by atoms with Gasteiger partial charge in [-0.15, -0.1) is 0 Å². The van der Waals surface area contributed by atoms with Gasteiger partial charge in [0.15, 0.2) is 0 Å². The third kappa shape index (κ3) is 3.35. The summed E-state index contributed by atoms with van der Waals surface area (Å²) in [6, 6.07) is 4.98. The Morgan fingerprint density at radius 1 is 1.26 bits per heavy atom. The normalized spacial score (nSPS) is 12.2. The van der Waals surface area contributed by atoms with Gasteiger partial charge in [0, 0.05) is 22.4 Å². The minimum Gasteiger partial charge on any atom is -0.480 e. The number of aromatic nitrogens is 2. The molecule has 2 aromatic rings. The van der Waals surface area contributed by atoms with Gasteiger partial charge in [-0.3, -0.25) is 4.98 Å². The molecule has 19 heavy (non-hydrogen) atoms. The zero-order chi connectivity index (χ0) is 13.8. The predicted molar refractivity (Wildman–Crippen MR) is 75.7 cm³/mol. The maximum Gasteiger partial charge on any atom is 0.236 e. The van der Waals surface area contributed by atoms with Crippen LogP contribution in [0.15, 0.2) is 30.6 Å². The summed E-state index contributed by atoms with van der Waals surface area (Å²) < 4.78 is 5.15. The van der Waals surface area contributed by atoms with E-state index in [1.54, 1.807) is 24.5 Å². The van der Waals surface area contributed by atoms with Crippen molar-refractivity contribution in [1.82, 2.24) is 9.97 Å². The van der Waals surface area contributed by atoms with Gasteiger partial charge in [0.1, 0.15) is 5.69 Å². The second-order valence-electron chi connectivity index (χ2n) is 4.00. The lowest BCUT2D eigenvalue weighted by atomic mass is 10.0. The summed E-state index contributed by atoms with van der Waals surface area (Å²) in [5, 5.41) is 1.19. The number of hydrogen-bond acceptors (Lipinski definition) is 4. The summed E-state index contributed by atoms with van der Waals surface area (Å²) in [4.78, 5) is 8.29. The minimum atomic E-state index is -0.345. The first kappa shape index (κ1) is 14.1. The second-order valence-corrected chi connectivity index (χ2v) is 4.84. The number of nitrogens with zero attached hydrogens (tertiary/aromatic N) is 2. The molecule has 0 amide bonds. The molecule has 1 unspecified atom stereocenters. The highest BCUT2D eigenvalue weighted by Gasteiger charge is 2.16. The van der Waals surface area contributed by atoms with Crippen molar-refractivity contribution in [2.75, 3.05) is 7.11 Å². The van der Waals surface area contributed by atoms with E-state index in [9.17, 15) is 0 Å². The molecule has 0 saturated heterocycles. The fourth-order valence-corrected chi connectivity index (χ4v) is 2.25. The number of nitrogens with two attached hydrogens (primary N) is 1. The fourth-order valence-electron chi connectivity index (χ4n) is 1.77. The summed E-state index contributed by atoms with van der Waals surface area (Å²) >= 11 is 12.0. The number of rotatable bonds is 4. The van der Waals surface area contributed by atoms with Gasteiger partial charge in [-0.25, -0.2) is 4.98 Å². The summed E-state index contributed by atoms with van der Waals surface area (Å²) in [7, 11) is 1.54. The highest BCUT2D eigenvalue weighted by molar-refractivity contribution is 6.35. The van der Waals surface area contributed by atoms with Crippen molar-refractivity contribution in [3.05, 3.63) is 51.9 Å². The standard InChI is InChI=1S/C13H13Cl2N3O/c1-19-13-12(17-4-5-18-13)11(16)6-8-2-3-9(14)7-10(8)15/h2-5,7,11H,6,16H2,1H3. The SMILES string of the molecule is COc1nccnc1C(N)Cc1ccc(Cl)cc1Cl. The Hall–Kier alpha value is -1.36. The van der Waals surface area contributed by atoms with E-state index < -0.39 is 0 Å². The van der Waals surface area contributed by atoms with Crippen molar-refractivity contribution in [1.29, 1.82) is 0 Å². The first-order valence-corrected chi connectivity index (χ1v) is 6.42. The predicted octanol–water partition coefficient (Wildman–Crippen LogP) is 3.03. The number of ether oxygens (including phenoxy) is 1. The summed E-state index contributed by atoms with van der Waals surface area (Å²) in [5.41, 5.74) is 7.65. The molecule has 0 aliphatic heterocycles. The van der Waals surface area contributed by atoms with Crippen LogP contribution in [0.1, 0.15) is 17.3 Å². The summed E-state index contributed by atoms with van der Waals surface area (Å²) in [5.74, 6) is 0.431. The maximum absolute atomic E-state index is 6.14. The first-order valence-electron chi connectivity index (χ1n) is 5.66. The van der Waals surface area contributed by atoms with Crippen LogP contribution < -0.4 is 10.5 Å². The van der Waals surface area contributed by atoms with Gasteiger partial charge in [-0.05, 0) is 24.1 Å². The second kappa shape index (κ2) is 6.19. The van der Waals surface area contributed by atoms with E-state index in [2.05, 4.69) is 9.97 Å². The number of benzene rings is 1. The molecular formula is C13H13Cl2N3O. The van der Waals surface area contributed by atoms with E-state index in [-0.39, 0.29) is 6.04 Å². The van der Waals surface area contributed by atoms with E-state index in [1.807, 2.05) is 6.07 Å². The molecule has 0 radical (unpaired) electrons. The van der Waals surface area contributed by atoms with Crippen LogP contribution in [0.5, 0.6) is 5.88 Å². The van der Waals surface area contributed by atoms with Gasteiger partial charge in [0.2, 0.25) is 5.88 Å². The first-order chi connectivity index (χ1) is 9.11. The van der Waals surface area contributed by atoms with E-state index in [0.717, 1.165) is 5.56 Å². The Labute approximate surface area is 121 Å². The average Bonchev–Trinajstić information content (AvgIpc) is 2.41. The lowest BCUT2D eigenvalue weighted by Crippen LogP contribution is -2.16. The molecule has 0 saturated carbocycles. The van der Waals surface area contributed by atoms with Crippen molar-refractivity contribution in [3.8, 4) is 5.88 Å². The molecule has 2 N–H and O–H groups in total. The Morgan fingerprint density at radius 3 is 2.68 bits per heavy atom. The number of methoxy groups -OCH3 is 1.